The van der Waals surface area contributed by atoms with Gasteiger partial charge in [-0.15, -0.1) is 0 Å². The monoisotopic (exact) mass is 345 g/mol. The topological polar surface area (TPSA) is 77.6 Å². The van der Waals surface area contributed by atoms with Crippen LogP contribution in [0.5, 0.6) is 5.75 Å². The molecule has 1 amide bonds. The van der Waals surface area contributed by atoms with Crippen molar-refractivity contribution in [1.29, 1.82) is 0 Å². The van der Waals surface area contributed by atoms with Gasteiger partial charge in [0.15, 0.2) is 0 Å². The van der Waals surface area contributed by atoms with E-state index in [1.165, 1.54) is 0 Å². The molecule has 2 aromatic rings. The maximum absolute atomic E-state index is 11.1. The molecular formula is C19H27N3O3. The predicted octanol–water partition coefficient (Wildman–Crippen LogP) is 1.76. The number of aliphatic hydroxyl groups excluding tert-OH is 1. The van der Waals surface area contributed by atoms with Gasteiger partial charge in [0.05, 0.1) is 0 Å². The number of piperidine rings is 1. The Morgan fingerprint density at radius 2 is 2.36 bits per heavy atom. The number of likely N-dealkylation sites (tertiary alicyclic amines) is 1. The summed E-state index contributed by atoms with van der Waals surface area (Å²) in [6.07, 6.45) is 3.57. The number of rotatable bonds is 7. The van der Waals surface area contributed by atoms with E-state index < -0.39 is 6.10 Å². The van der Waals surface area contributed by atoms with Crippen LogP contribution in [0.2, 0.25) is 0 Å². The summed E-state index contributed by atoms with van der Waals surface area (Å²) in [6.45, 7) is 5.03. The Kier molecular flexibility index (Phi) is 5.94. The lowest BCUT2D eigenvalue weighted by Gasteiger charge is -2.33. The number of amides is 1. The molecule has 1 aromatic heterocycles. The van der Waals surface area contributed by atoms with Gasteiger partial charge >= 0.3 is 0 Å². The molecule has 1 fully saturated rings. The maximum atomic E-state index is 11.1. The van der Waals surface area contributed by atoms with Gasteiger partial charge in [0.2, 0.25) is 5.91 Å². The zero-order chi connectivity index (χ0) is 17.6. The second-order valence-corrected chi connectivity index (χ2v) is 6.86. The lowest BCUT2D eigenvalue weighted by atomic mass is 9.97. The molecule has 1 aliphatic heterocycles. The summed E-state index contributed by atoms with van der Waals surface area (Å²) in [5, 5.41) is 14.3. The van der Waals surface area contributed by atoms with E-state index in [0.29, 0.717) is 19.0 Å². The number of fused-ring (bicyclic) bond motifs is 1. The Hall–Kier alpha value is -2.05. The van der Waals surface area contributed by atoms with Crippen molar-refractivity contribution in [3.05, 3.63) is 30.5 Å². The molecule has 0 spiro atoms. The highest BCUT2D eigenvalue weighted by atomic mass is 16.5. The zero-order valence-corrected chi connectivity index (χ0v) is 14.7. The highest BCUT2D eigenvalue weighted by Crippen LogP contribution is 2.24. The number of nitrogens with zero attached hydrogens (tertiary/aromatic N) is 1. The summed E-state index contributed by atoms with van der Waals surface area (Å²) in [5.41, 5.74) is 1.03. The van der Waals surface area contributed by atoms with Gasteiger partial charge in [-0.05, 0) is 43.5 Å². The normalized spacial score (nSPS) is 19.7. The van der Waals surface area contributed by atoms with Crippen molar-refractivity contribution in [3.8, 4) is 5.75 Å². The van der Waals surface area contributed by atoms with Gasteiger partial charge in [-0.2, -0.15) is 0 Å². The molecule has 1 aliphatic rings. The zero-order valence-electron chi connectivity index (χ0n) is 14.7. The lowest BCUT2D eigenvalue weighted by molar-refractivity contribution is -0.119. The number of ether oxygens (including phenoxy) is 1. The standard InChI is InChI=1S/C19H27N3O3/c1-14(23)21-10-15-4-3-9-22(11-15)12-16(24)13-25-19-6-2-5-18-17(19)7-8-20-18/h2,5-8,15-16,20,24H,3-4,9-13H2,1H3,(H,21,23). The molecule has 0 aliphatic carbocycles. The van der Waals surface area contributed by atoms with Crippen molar-refractivity contribution in [2.45, 2.75) is 25.9 Å². The molecule has 0 saturated carbocycles. The van der Waals surface area contributed by atoms with E-state index in [4.69, 9.17) is 4.74 Å². The summed E-state index contributed by atoms with van der Waals surface area (Å²) in [4.78, 5) is 16.5. The third-order valence-corrected chi connectivity index (χ3v) is 4.70. The third kappa shape index (κ3) is 4.96. The summed E-state index contributed by atoms with van der Waals surface area (Å²) >= 11 is 0. The van der Waals surface area contributed by atoms with Gasteiger partial charge in [0.25, 0.3) is 0 Å². The van der Waals surface area contributed by atoms with Gasteiger partial charge in [-0.25, -0.2) is 0 Å². The van der Waals surface area contributed by atoms with Crippen LogP contribution in [0.3, 0.4) is 0 Å². The molecule has 2 heterocycles. The number of H-pyrrole nitrogens is 1. The van der Waals surface area contributed by atoms with Gasteiger partial charge < -0.3 is 25.0 Å². The number of carbonyl (C=O) groups excluding carboxylic acids is 1. The van der Waals surface area contributed by atoms with E-state index in [-0.39, 0.29) is 12.5 Å². The van der Waals surface area contributed by atoms with Crippen LogP contribution >= 0.6 is 0 Å². The van der Waals surface area contributed by atoms with Crippen LogP contribution in [0.25, 0.3) is 10.9 Å². The molecule has 25 heavy (non-hydrogen) atoms. The van der Waals surface area contributed by atoms with Crippen LogP contribution in [-0.4, -0.2) is 59.8 Å². The first kappa shape index (κ1) is 17.8. The fourth-order valence-electron chi connectivity index (χ4n) is 3.49. The third-order valence-electron chi connectivity index (χ3n) is 4.70. The predicted molar refractivity (Wildman–Crippen MR) is 97.6 cm³/mol. The van der Waals surface area contributed by atoms with Crippen molar-refractivity contribution < 1.29 is 14.6 Å². The van der Waals surface area contributed by atoms with Gasteiger partial charge in [-0.3, -0.25) is 4.79 Å². The maximum Gasteiger partial charge on any atom is 0.216 e. The summed E-state index contributed by atoms with van der Waals surface area (Å²) in [7, 11) is 0. The molecule has 2 atom stereocenters. The molecular weight excluding hydrogens is 318 g/mol. The fourth-order valence-corrected chi connectivity index (χ4v) is 3.49. The van der Waals surface area contributed by atoms with E-state index >= 15 is 0 Å². The number of aliphatic hydroxyl groups is 1. The molecule has 2 unspecified atom stereocenters. The summed E-state index contributed by atoms with van der Waals surface area (Å²) < 4.78 is 5.83. The van der Waals surface area contributed by atoms with Crippen molar-refractivity contribution >= 4 is 16.8 Å². The highest BCUT2D eigenvalue weighted by Gasteiger charge is 2.22. The first-order valence-corrected chi connectivity index (χ1v) is 8.95. The first-order chi connectivity index (χ1) is 12.1. The Morgan fingerprint density at radius 3 is 3.20 bits per heavy atom. The summed E-state index contributed by atoms with van der Waals surface area (Å²) in [5.74, 6) is 1.27. The van der Waals surface area contributed by atoms with E-state index in [1.807, 2.05) is 30.5 Å². The van der Waals surface area contributed by atoms with Gasteiger partial charge in [0.1, 0.15) is 18.5 Å². The molecule has 0 bridgehead atoms. The van der Waals surface area contributed by atoms with E-state index in [1.54, 1.807) is 6.92 Å². The van der Waals surface area contributed by atoms with Gasteiger partial charge in [0, 0.05) is 43.7 Å². The molecule has 1 saturated heterocycles. The summed E-state index contributed by atoms with van der Waals surface area (Å²) in [6, 6.07) is 7.85. The van der Waals surface area contributed by atoms with Crippen LogP contribution in [-0.2, 0) is 4.79 Å². The van der Waals surface area contributed by atoms with Crippen LogP contribution in [0.15, 0.2) is 30.5 Å². The quantitative estimate of drug-likeness (QED) is 0.714. The number of aromatic nitrogens is 1. The SMILES string of the molecule is CC(=O)NCC1CCCN(CC(O)COc2cccc3[nH]ccc23)C1. The van der Waals surface area contributed by atoms with Crippen molar-refractivity contribution in [2.24, 2.45) is 5.92 Å². The lowest BCUT2D eigenvalue weighted by Crippen LogP contribution is -2.44. The van der Waals surface area contributed by atoms with Gasteiger partial charge in [-0.1, -0.05) is 6.07 Å². The smallest absolute Gasteiger partial charge is 0.216 e. The number of β-amino-alcohol motifs (C(OH)–C–C–N with tert-alkyl or cyclic N) is 1. The van der Waals surface area contributed by atoms with Crippen molar-refractivity contribution in [2.75, 3.05) is 32.8 Å². The van der Waals surface area contributed by atoms with E-state index in [0.717, 1.165) is 42.6 Å². The van der Waals surface area contributed by atoms with Crippen LogP contribution in [0.1, 0.15) is 19.8 Å². The van der Waals surface area contributed by atoms with Crippen molar-refractivity contribution in [3.63, 3.8) is 0 Å². The molecule has 136 valence electrons. The number of aromatic amines is 1. The Labute approximate surface area is 148 Å². The van der Waals surface area contributed by atoms with Crippen LogP contribution in [0, 0.1) is 5.92 Å². The van der Waals surface area contributed by atoms with Crippen LogP contribution < -0.4 is 10.1 Å². The molecule has 1 aromatic carbocycles. The largest absolute Gasteiger partial charge is 0.490 e. The second kappa shape index (κ2) is 8.36. The average molecular weight is 345 g/mol. The second-order valence-electron chi connectivity index (χ2n) is 6.86. The number of carbonyl (C=O) groups is 1. The Bertz CT molecular complexity index is 700. The molecule has 3 rings (SSSR count). The fraction of sp³-hybridized carbons (Fsp3) is 0.526. The molecule has 6 heteroatoms. The minimum atomic E-state index is -0.534. The minimum Gasteiger partial charge on any atom is -0.490 e. The first-order valence-electron chi connectivity index (χ1n) is 8.95. The highest BCUT2D eigenvalue weighted by molar-refractivity contribution is 5.85. The average Bonchev–Trinajstić information content (AvgIpc) is 3.08. The number of hydrogen-bond donors (Lipinski definition) is 3. The minimum absolute atomic E-state index is 0.0180. The van der Waals surface area contributed by atoms with E-state index in [9.17, 15) is 9.90 Å². The van der Waals surface area contributed by atoms with Crippen molar-refractivity contribution in [1.82, 2.24) is 15.2 Å². The number of hydrogen-bond acceptors (Lipinski definition) is 4. The van der Waals surface area contributed by atoms with Crippen LogP contribution in [0.4, 0.5) is 0 Å². The Balaban J connectivity index is 1.46. The Morgan fingerprint density at radius 1 is 1.48 bits per heavy atom. The molecule has 6 nitrogen and oxygen atoms in total. The van der Waals surface area contributed by atoms with E-state index in [2.05, 4.69) is 15.2 Å². The molecule has 3 N–H and O–H groups in total. The number of benzene rings is 1. The molecule has 0 radical (unpaired) electrons. The number of nitrogens with one attached hydrogen (secondary N) is 2.